The van der Waals surface area contributed by atoms with Crippen LogP contribution in [0.15, 0.2) is 12.1 Å². The Morgan fingerprint density at radius 2 is 1.88 bits per heavy atom. The van der Waals surface area contributed by atoms with Gasteiger partial charge in [0.2, 0.25) is 0 Å². The molecule has 1 aliphatic rings. The third-order valence-corrected chi connectivity index (χ3v) is 3.93. The van der Waals surface area contributed by atoms with E-state index in [1.807, 2.05) is 6.07 Å². The second-order valence-electron chi connectivity index (χ2n) is 4.77. The van der Waals surface area contributed by atoms with Crippen LogP contribution in [0.4, 0.5) is 4.39 Å². The monoisotopic (exact) mass is 241 g/mol. The fraction of sp³-hybridized carbons (Fsp3) is 0.538. The highest BCUT2D eigenvalue weighted by Gasteiger charge is 2.32. The van der Waals surface area contributed by atoms with Crippen molar-refractivity contribution in [1.29, 1.82) is 0 Å². The maximum absolute atomic E-state index is 13.7. The van der Waals surface area contributed by atoms with E-state index >= 15 is 0 Å². The number of aryl methyl sites for hydroxylation is 1. The summed E-state index contributed by atoms with van der Waals surface area (Å²) < 4.78 is 13.7. The van der Waals surface area contributed by atoms with E-state index < -0.39 is 5.54 Å². The van der Waals surface area contributed by atoms with Gasteiger partial charge in [0, 0.05) is 5.54 Å². The summed E-state index contributed by atoms with van der Waals surface area (Å²) in [6.45, 7) is 1.72. The zero-order valence-corrected chi connectivity index (χ0v) is 10.3. The second-order valence-corrected chi connectivity index (χ2v) is 5.15. The smallest absolute Gasteiger partial charge is 0.145 e. The van der Waals surface area contributed by atoms with Gasteiger partial charge in [-0.2, -0.15) is 0 Å². The summed E-state index contributed by atoms with van der Waals surface area (Å²) in [6, 6.07) is 3.64. The maximum atomic E-state index is 13.7. The minimum absolute atomic E-state index is 0.212. The summed E-state index contributed by atoms with van der Waals surface area (Å²) in [7, 11) is 0. The lowest BCUT2D eigenvalue weighted by Gasteiger charge is -2.34. The minimum atomic E-state index is -0.427. The van der Waals surface area contributed by atoms with Crippen LogP contribution in [0.3, 0.4) is 0 Å². The Hall–Kier alpha value is -0.600. The Labute approximate surface area is 101 Å². The Kier molecular flexibility index (Phi) is 3.22. The normalized spacial score (nSPS) is 19.8. The van der Waals surface area contributed by atoms with Gasteiger partial charge in [-0.25, -0.2) is 4.39 Å². The summed E-state index contributed by atoms with van der Waals surface area (Å²) in [5.74, 6) is -0.324. The number of hydrogen-bond acceptors (Lipinski definition) is 1. The first kappa shape index (κ1) is 11.9. The molecule has 1 fully saturated rings. The number of hydrogen-bond donors (Lipinski definition) is 1. The molecule has 88 valence electrons. The SMILES string of the molecule is Cc1ccc(C2(N)CCCCC2)c(Cl)c1F. The van der Waals surface area contributed by atoms with E-state index in [0.29, 0.717) is 5.56 Å². The number of rotatable bonds is 1. The molecule has 2 rings (SSSR count). The molecule has 0 aromatic heterocycles. The van der Waals surface area contributed by atoms with Crippen molar-refractivity contribution in [3.63, 3.8) is 0 Å². The van der Waals surface area contributed by atoms with Gasteiger partial charge in [0.15, 0.2) is 0 Å². The minimum Gasteiger partial charge on any atom is -0.321 e. The van der Waals surface area contributed by atoms with Crippen LogP contribution in [0.1, 0.15) is 43.2 Å². The average Bonchev–Trinajstić information content (AvgIpc) is 2.27. The maximum Gasteiger partial charge on any atom is 0.145 e. The quantitative estimate of drug-likeness (QED) is 0.793. The summed E-state index contributed by atoms with van der Waals surface area (Å²) in [5.41, 5.74) is 7.27. The molecule has 3 heteroatoms. The van der Waals surface area contributed by atoms with Crippen molar-refractivity contribution in [2.45, 2.75) is 44.6 Å². The molecule has 0 amide bonds. The lowest BCUT2D eigenvalue weighted by atomic mass is 9.77. The van der Waals surface area contributed by atoms with Crippen LogP contribution in [-0.4, -0.2) is 0 Å². The van der Waals surface area contributed by atoms with E-state index in [-0.39, 0.29) is 10.8 Å². The molecule has 0 aliphatic heterocycles. The molecule has 0 saturated heterocycles. The molecule has 0 bridgehead atoms. The lowest BCUT2D eigenvalue weighted by Crippen LogP contribution is -2.39. The highest BCUT2D eigenvalue weighted by molar-refractivity contribution is 6.31. The molecule has 1 aliphatic carbocycles. The third-order valence-electron chi connectivity index (χ3n) is 3.56. The number of nitrogens with two attached hydrogens (primary N) is 1. The van der Waals surface area contributed by atoms with Crippen molar-refractivity contribution >= 4 is 11.6 Å². The molecule has 1 nitrogen and oxygen atoms in total. The molecule has 0 radical (unpaired) electrons. The average molecular weight is 242 g/mol. The van der Waals surface area contributed by atoms with Gasteiger partial charge >= 0.3 is 0 Å². The first-order valence-electron chi connectivity index (χ1n) is 5.78. The first-order valence-corrected chi connectivity index (χ1v) is 6.16. The summed E-state index contributed by atoms with van der Waals surface area (Å²) in [5, 5.41) is 0.212. The van der Waals surface area contributed by atoms with Gasteiger partial charge in [-0.3, -0.25) is 0 Å². The van der Waals surface area contributed by atoms with Crippen molar-refractivity contribution in [3.05, 3.63) is 34.1 Å². The van der Waals surface area contributed by atoms with E-state index in [0.717, 1.165) is 31.2 Å². The fourth-order valence-corrected chi connectivity index (χ4v) is 2.88. The molecule has 0 spiro atoms. The van der Waals surface area contributed by atoms with Crippen molar-refractivity contribution < 1.29 is 4.39 Å². The van der Waals surface area contributed by atoms with Gasteiger partial charge < -0.3 is 5.73 Å². The van der Waals surface area contributed by atoms with Crippen LogP contribution < -0.4 is 5.73 Å². The van der Waals surface area contributed by atoms with Gasteiger partial charge in [0.1, 0.15) is 5.82 Å². The molecule has 0 atom stereocenters. The van der Waals surface area contributed by atoms with Crippen molar-refractivity contribution in [2.75, 3.05) is 0 Å². The highest BCUT2D eigenvalue weighted by atomic mass is 35.5. The van der Waals surface area contributed by atoms with Crippen molar-refractivity contribution in [2.24, 2.45) is 5.73 Å². The van der Waals surface area contributed by atoms with E-state index in [1.165, 1.54) is 6.42 Å². The molecular weight excluding hydrogens is 225 g/mol. The molecule has 1 aromatic rings. The zero-order chi connectivity index (χ0) is 11.8. The molecule has 1 saturated carbocycles. The van der Waals surface area contributed by atoms with Crippen LogP contribution in [0.2, 0.25) is 5.02 Å². The summed E-state index contributed by atoms with van der Waals surface area (Å²) in [4.78, 5) is 0. The Morgan fingerprint density at radius 1 is 1.25 bits per heavy atom. The van der Waals surface area contributed by atoms with Crippen LogP contribution in [0.25, 0.3) is 0 Å². The Bertz CT molecular complexity index is 397. The lowest BCUT2D eigenvalue weighted by molar-refractivity contribution is 0.301. The molecular formula is C13H17ClFN. The van der Waals surface area contributed by atoms with Gasteiger partial charge in [0.05, 0.1) is 5.02 Å². The Morgan fingerprint density at radius 3 is 2.50 bits per heavy atom. The molecule has 2 N–H and O–H groups in total. The van der Waals surface area contributed by atoms with Gasteiger partial charge in [-0.1, -0.05) is 43.0 Å². The largest absolute Gasteiger partial charge is 0.321 e. The third kappa shape index (κ3) is 1.96. The van der Waals surface area contributed by atoms with Gasteiger partial charge in [0.25, 0.3) is 0 Å². The van der Waals surface area contributed by atoms with Crippen molar-refractivity contribution in [3.8, 4) is 0 Å². The molecule has 1 aromatic carbocycles. The van der Waals surface area contributed by atoms with Crippen LogP contribution in [0.5, 0.6) is 0 Å². The van der Waals surface area contributed by atoms with Gasteiger partial charge in [-0.15, -0.1) is 0 Å². The van der Waals surface area contributed by atoms with E-state index in [4.69, 9.17) is 17.3 Å². The molecule has 16 heavy (non-hydrogen) atoms. The van der Waals surface area contributed by atoms with E-state index in [2.05, 4.69) is 0 Å². The highest BCUT2D eigenvalue weighted by Crippen LogP contribution is 2.39. The first-order chi connectivity index (χ1) is 7.54. The Balaban J connectivity index is 2.43. The van der Waals surface area contributed by atoms with Crippen LogP contribution in [0, 0.1) is 12.7 Å². The second kappa shape index (κ2) is 4.34. The van der Waals surface area contributed by atoms with Crippen molar-refractivity contribution in [1.82, 2.24) is 0 Å². The van der Waals surface area contributed by atoms with Gasteiger partial charge in [-0.05, 0) is 30.9 Å². The van der Waals surface area contributed by atoms with E-state index in [9.17, 15) is 4.39 Å². The number of benzene rings is 1. The van der Waals surface area contributed by atoms with E-state index in [1.54, 1.807) is 13.0 Å². The summed E-state index contributed by atoms with van der Waals surface area (Å²) >= 11 is 6.07. The topological polar surface area (TPSA) is 26.0 Å². The predicted octanol–water partition coefficient (Wildman–Crippen LogP) is 3.91. The zero-order valence-electron chi connectivity index (χ0n) is 9.52. The molecule has 0 heterocycles. The predicted molar refractivity (Wildman–Crippen MR) is 65.1 cm³/mol. The standard InChI is InChI=1S/C13H17ClFN/c1-9-5-6-10(11(14)12(9)15)13(16)7-3-2-4-8-13/h5-6H,2-4,7-8,16H2,1H3. The number of halogens is 2. The molecule has 0 unspecified atom stereocenters. The summed E-state index contributed by atoms with van der Waals surface area (Å²) in [6.07, 6.45) is 5.21. The van der Waals surface area contributed by atoms with Crippen LogP contribution >= 0.6 is 11.6 Å². The van der Waals surface area contributed by atoms with Crippen LogP contribution in [-0.2, 0) is 5.54 Å². The fourth-order valence-electron chi connectivity index (χ4n) is 2.48.